The Morgan fingerprint density at radius 3 is 2.58 bits per heavy atom. The van der Waals surface area contributed by atoms with Crippen LogP contribution in [0.5, 0.6) is 11.5 Å². The summed E-state index contributed by atoms with van der Waals surface area (Å²) in [6.45, 7) is 6.14. The first-order valence-electron chi connectivity index (χ1n) is 7.57. The summed E-state index contributed by atoms with van der Waals surface area (Å²) in [6.07, 6.45) is 3.11. The number of aromatic nitrogens is 3. The topological polar surface area (TPSA) is 90.3 Å². The quantitative estimate of drug-likeness (QED) is 0.794. The van der Waals surface area contributed by atoms with Crippen LogP contribution in [0.25, 0.3) is 0 Å². The van der Waals surface area contributed by atoms with Gasteiger partial charge in [-0.25, -0.2) is 4.68 Å². The molecule has 0 aliphatic rings. The number of hydrogen-bond donors (Lipinski definition) is 2. The van der Waals surface area contributed by atoms with Gasteiger partial charge in [0, 0.05) is 11.1 Å². The third-order valence-electron chi connectivity index (χ3n) is 3.01. The zero-order valence-corrected chi connectivity index (χ0v) is 14.4. The van der Waals surface area contributed by atoms with Gasteiger partial charge in [-0.1, -0.05) is 12.1 Å². The van der Waals surface area contributed by atoms with Gasteiger partial charge in [0.25, 0.3) is 5.91 Å². The molecule has 1 heterocycles. The maximum atomic E-state index is 12.0. The van der Waals surface area contributed by atoms with Gasteiger partial charge in [-0.2, -0.15) is 0 Å². The van der Waals surface area contributed by atoms with Gasteiger partial charge in [0.2, 0.25) is 0 Å². The van der Waals surface area contributed by atoms with Crippen LogP contribution in [0.4, 0.5) is 0 Å². The summed E-state index contributed by atoms with van der Waals surface area (Å²) < 4.78 is 12.7. The van der Waals surface area contributed by atoms with Crippen LogP contribution in [-0.4, -0.2) is 40.0 Å². The van der Waals surface area contributed by atoms with Crippen molar-refractivity contribution in [1.82, 2.24) is 20.2 Å². The number of nitrogens with one attached hydrogen (secondary N) is 2. The maximum Gasteiger partial charge on any atom is 0.258 e. The second-order valence-corrected chi connectivity index (χ2v) is 6.24. The number of carbonyl (C=O) groups is 1. The summed E-state index contributed by atoms with van der Waals surface area (Å²) in [7, 11) is 1.56. The van der Waals surface area contributed by atoms with E-state index in [0.29, 0.717) is 18.0 Å². The SMILES string of the molecule is COc1cccc(CNn2cnnc2)c1OCC(=O)NC(C)(C)C. The molecule has 8 heteroatoms. The molecule has 0 fully saturated rings. The molecule has 2 N–H and O–H groups in total. The summed E-state index contributed by atoms with van der Waals surface area (Å²) in [5.41, 5.74) is 3.66. The molecule has 0 aliphatic heterocycles. The van der Waals surface area contributed by atoms with E-state index in [0.717, 1.165) is 5.56 Å². The highest BCUT2D eigenvalue weighted by Crippen LogP contribution is 2.31. The fraction of sp³-hybridized carbons (Fsp3) is 0.438. The van der Waals surface area contributed by atoms with Gasteiger partial charge in [-0.15, -0.1) is 10.2 Å². The lowest BCUT2D eigenvalue weighted by Gasteiger charge is -2.21. The Morgan fingerprint density at radius 2 is 1.96 bits per heavy atom. The van der Waals surface area contributed by atoms with Crippen molar-refractivity contribution in [3.05, 3.63) is 36.4 Å². The highest BCUT2D eigenvalue weighted by atomic mass is 16.5. The van der Waals surface area contributed by atoms with E-state index in [1.165, 1.54) is 0 Å². The van der Waals surface area contributed by atoms with Gasteiger partial charge in [-0.3, -0.25) is 4.79 Å². The zero-order chi connectivity index (χ0) is 17.6. The number of nitrogens with zero attached hydrogens (tertiary/aromatic N) is 3. The summed E-state index contributed by atoms with van der Waals surface area (Å²) in [4.78, 5) is 12.0. The van der Waals surface area contributed by atoms with Gasteiger partial charge < -0.3 is 20.2 Å². The predicted octanol–water partition coefficient (Wildman–Crippen LogP) is 1.32. The normalized spacial score (nSPS) is 11.0. The van der Waals surface area contributed by atoms with Gasteiger partial charge in [0.15, 0.2) is 18.1 Å². The van der Waals surface area contributed by atoms with Gasteiger partial charge in [-0.05, 0) is 26.8 Å². The molecule has 0 bridgehead atoms. The lowest BCUT2D eigenvalue weighted by molar-refractivity contribution is -0.124. The maximum absolute atomic E-state index is 12.0. The minimum atomic E-state index is -0.306. The molecular formula is C16H23N5O3. The number of amides is 1. The fourth-order valence-electron chi connectivity index (χ4n) is 2.08. The van der Waals surface area contributed by atoms with Gasteiger partial charge >= 0.3 is 0 Å². The Bertz CT molecular complexity index is 665. The molecule has 2 rings (SSSR count). The van der Waals surface area contributed by atoms with E-state index in [1.54, 1.807) is 30.5 Å². The van der Waals surface area contributed by atoms with Crippen LogP contribution in [0, 0.1) is 0 Å². The second-order valence-electron chi connectivity index (χ2n) is 6.24. The lowest BCUT2D eigenvalue weighted by atomic mass is 10.1. The molecule has 0 aliphatic carbocycles. The molecule has 2 aromatic rings. The Morgan fingerprint density at radius 1 is 1.25 bits per heavy atom. The van der Waals surface area contributed by atoms with E-state index in [1.807, 2.05) is 32.9 Å². The summed E-state index contributed by atoms with van der Waals surface area (Å²) in [5, 5.41) is 10.3. The monoisotopic (exact) mass is 333 g/mol. The summed E-state index contributed by atoms with van der Waals surface area (Å²) in [5.74, 6) is 0.914. The van der Waals surface area contributed by atoms with E-state index >= 15 is 0 Å². The molecule has 24 heavy (non-hydrogen) atoms. The second kappa shape index (κ2) is 7.67. The number of para-hydroxylation sites is 1. The van der Waals surface area contributed by atoms with Crippen LogP contribution in [0.3, 0.4) is 0 Å². The third-order valence-corrected chi connectivity index (χ3v) is 3.01. The first-order valence-corrected chi connectivity index (χ1v) is 7.57. The van der Waals surface area contributed by atoms with Crippen molar-refractivity contribution in [2.75, 3.05) is 19.1 Å². The van der Waals surface area contributed by atoms with Crippen molar-refractivity contribution in [2.24, 2.45) is 0 Å². The Balaban J connectivity index is 2.07. The number of carbonyl (C=O) groups excluding carboxylic acids is 1. The Hall–Kier alpha value is -2.77. The molecule has 1 amide bonds. The van der Waals surface area contributed by atoms with Gasteiger partial charge in [0.05, 0.1) is 13.7 Å². The summed E-state index contributed by atoms with van der Waals surface area (Å²) in [6, 6.07) is 5.56. The first-order chi connectivity index (χ1) is 11.4. The molecule has 1 aromatic heterocycles. The van der Waals surface area contributed by atoms with Crippen LogP contribution in [0.15, 0.2) is 30.9 Å². The molecule has 0 saturated heterocycles. The molecule has 0 radical (unpaired) electrons. The van der Waals surface area contributed by atoms with Crippen LogP contribution in [-0.2, 0) is 11.3 Å². The number of benzene rings is 1. The van der Waals surface area contributed by atoms with E-state index in [2.05, 4.69) is 20.9 Å². The van der Waals surface area contributed by atoms with Crippen LogP contribution in [0.2, 0.25) is 0 Å². The number of rotatable bonds is 7. The van der Waals surface area contributed by atoms with Crippen molar-refractivity contribution >= 4 is 5.91 Å². The van der Waals surface area contributed by atoms with Crippen molar-refractivity contribution in [2.45, 2.75) is 32.9 Å². The number of ether oxygens (including phenoxy) is 2. The molecule has 130 valence electrons. The largest absolute Gasteiger partial charge is 0.493 e. The molecule has 0 atom stereocenters. The molecule has 0 unspecified atom stereocenters. The van der Waals surface area contributed by atoms with Crippen molar-refractivity contribution in [3.8, 4) is 11.5 Å². The third kappa shape index (κ3) is 5.15. The summed E-state index contributed by atoms with van der Waals surface area (Å²) >= 11 is 0. The molecule has 0 saturated carbocycles. The molecule has 1 aromatic carbocycles. The highest BCUT2D eigenvalue weighted by Gasteiger charge is 2.16. The number of hydrogen-bond acceptors (Lipinski definition) is 6. The molecule has 8 nitrogen and oxygen atoms in total. The minimum Gasteiger partial charge on any atom is -0.493 e. The average molecular weight is 333 g/mol. The Kier molecular flexibility index (Phi) is 5.62. The molecular weight excluding hydrogens is 310 g/mol. The van der Waals surface area contributed by atoms with Crippen molar-refractivity contribution in [3.63, 3.8) is 0 Å². The molecule has 0 spiro atoms. The smallest absolute Gasteiger partial charge is 0.258 e. The van der Waals surface area contributed by atoms with E-state index in [9.17, 15) is 4.79 Å². The minimum absolute atomic E-state index is 0.0860. The standard InChI is InChI=1S/C16H23N5O3/c1-16(2,3)20-14(22)9-24-15-12(6-5-7-13(15)23-4)8-19-21-10-17-18-11-21/h5-7,10-11,19H,8-9H2,1-4H3,(H,20,22). The predicted molar refractivity (Wildman–Crippen MR) is 89.5 cm³/mol. The highest BCUT2D eigenvalue weighted by molar-refractivity contribution is 5.78. The van der Waals surface area contributed by atoms with Crippen LogP contribution < -0.4 is 20.2 Å². The van der Waals surface area contributed by atoms with Crippen molar-refractivity contribution < 1.29 is 14.3 Å². The Labute approximate surface area is 141 Å². The van der Waals surface area contributed by atoms with Crippen LogP contribution in [0.1, 0.15) is 26.3 Å². The lowest BCUT2D eigenvalue weighted by Crippen LogP contribution is -2.43. The first kappa shape index (κ1) is 17.6. The average Bonchev–Trinajstić information content (AvgIpc) is 3.02. The fourth-order valence-corrected chi connectivity index (χ4v) is 2.08. The zero-order valence-electron chi connectivity index (χ0n) is 14.4. The van der Waals surface area contributed by atoms with E-state index in [-0.39, 0.29) is 18.1 Å². The van der Waals surface area contributed by atoms with E-state index in [4.69, 9.17) is 9.47 Å². The van der Waals surface area contributed by atoms with E-state index < -0.39 is 0 Å². The van der Waals surface area contributed by atoms with Crippen LogP contribution >= 0.6 is 0 Å². The van der Waals surface area contributed by atoms with Crippen molar-refractivity contribution in [1.29, 1.82) is 0 Å². The number of methoxy groups -OCH3 is 1. The van der Waals surface area contributed by atoms with Gasteiger partial charge in [0.1, 0.15) is 12.7 Å².